The van der Waals surface area contributed by atoms with Gasteiger partial charge >= 0.3 is 5.97 Å². The summed E-state index contributed by atoms with van der Waals surface area (Å²) in [6.45, 7) is 24.0. The van der Waals surface area contributed by atoms with Gasteiger partial charge in [0.05, 0.1) is 0 Å². The summed E-state index contributed by atoms with van der Waals surface area (Å²) >= 11 is 0. The summed E-state index contributed by atoms with van der Waals surface area (Å²) in [6.07, 6.45) is 15.5. The van der Waals surface area contributed by atoms with Crippen molar-refractivity contribution in [1.82, 2.24) is 0 Å². The number of hydrogen-bond donors (Lipinski definition) is 1. The molecule has 5 atom stereocenters. The lowest BCUT2D eigenvalue weighted by molar-refractivity contribution is -0.136. The number of carbonyl (C=O) groups is 2. The lowest BCUT2D eigenvalue weighted by atomic mass is 9.43. The Hall–Kier alpha value is -2.20. The third kappa shape index (κ3) is 5.07. The molecule has 2 fully saturated rings. The lowest BCUT2D eigenvalue weighted by Crippen LogP contribution is -2.65. The Morgan fingerprint density at radius 1 is 1.18 bits per heavy atom. The molecule has 0 radical (unpaired) electrons. The molecule has 4 heteroatoms. The molecule has 0 saturated heterocycles. The second-order valence-corrected chi connectivity index (χ2v) is 13.5. The molecule has 0 heterocycles. The molecular formula is C35H53NO3. The first kappa shape index (κ1) is 31.3. The maximum Gasteiger partial charge on any atom is 0.307 e. The molecule has 0 aliphatic heterocycles. The molecule has 3 aliphatic rings. The van der Waals surface area contributed by atoms with Crippen LogP contribution in [0.2, 0.25) is 0 Å². The summed E-state index contributed by atoms with van der Waals surface area (Å²) in [5, 5.41) is 0. The van der Waals surface area contributed by atoms with Crippen molar-refractivity contribution in [3.8, 4) is 0 Å². The van der Waals surface area contributed by atoms with Gasteiger partial charge in [-0.1, -0.05) is 79.5 Å². The molecule has 4 nitrogen and oxygen atoms in total. The Labute approximate surface area is 237 Å². The van der Waals surface area contributed by atoms with Gasteiger partial charge in [0.25, 0.3) is 0 Å². The van der Waals surface area contributed by atoms with E-state index < -0.39 is 5.54 Å². The fourth-order valence-corrected chi connectivity index (χ4v) is 8.72. The van der Waals surface area contributed by atoms with Crippen LogP contribution in [0.1, 0.15) is 114 Å². The lowest BCUT2D eigenvalue weighted by Gasteiger charge is -2.62. The van der Waals surface area contributed by atoms with E-state index in [1.807, 2.05) is 13.8 Å². The Balaban J connectivity index is 2.26. The van der Waals surface area contributed by atoms with Crippen LogP contribution >= 0.6 is 0 Å². The topological polar surface area (TPSA) is 69.4 Å². The second-order valence-electron chi connectivity index (χ2n) is 13.5. The minimum atomic E-state index is -0.446. The van der Waals surface area contributed by atoms with Gasteiger partial charge in [-0.15, -0.1) is 0 Å². The fourth-order valence-electron chi connectivity index (χ4n) is 8.72. The zero-order valence-electron chi connectivity index (χ0n) is 26.1. The number of allylic oxidation sites excluding steroid dienone is 8. The smallest absolute Gasteiger partial charge is 0.307 e. The van der Waals surface area contributed by atoms with E-state index >= 15 is 0 Å². The average molecular weight is 536 g/mol. The van der Waals surface area contributed by atoms with Gasteiger partial charge in [0.1, 0.15) is 12.0 Å². The molecule has 0 aromatic heterocycles. The maximum atomic E-state index is 12.1. The van der Waals surface area contributed by atoms with Crippen molar-refractivity contribution < 1.29 is 14.3 Å². The summed E-state index contributed by atoms with van der Waals surface area (Å²) in [7, 11) is 0. The first-order valence-electron chi connectivity index (χ1n) is 15.1. The number of carbonyl (C=O) groups excluding carboxylic acids is 2. The maximum absolute atomic E-state index is 12.1. The van der Waals surface area contributed by atoms with E-state index in [9.17, 15) is 9.59 Å². The average Bonchev–Trinajstić information content (AvgIpc) is 2.98. The Kier molecular flexibility index (Phi) is 9.12. The molecule has 2 N–H and O–H groups in total. The van der Waals surface area contributed by atoms with Crippen molar-refractivity contribution in [2.24, 2.45) is 33.8 Å². The summed E-state index contributed by atoms with van der Waals surface area (Å²) in [5.74, 6) is 1.25. The zero-order valence-corrected chi connectivity index (χ0v) is 26.1. The van der Waals surface area contributed by atoms with Crippen LogP contribution < -0.4 is 5.73 Å². The van der Waals surface area contributed by atoms with Crippen molar-refractivity contribution in [1.29, 1.82) is 0 Å². The fraction of sp³-hybridized carbons (Fsp3) is 0.657. The van der Waals surface area contributed by atoms with E-state index in [4.69, 9.17) is 17.0 Å². The molecule has 0 bridgehead atoms. The van der Waals surface area contributed by atoms with Crippen molar-refractivity contribution in [2.75, 3.05) is 0 Å². The van der Waals surface area contributed by atoms with Crippen LogP contribution in [0.15, 0.2) is 58.4 Å². The van der Waals surface area contributed by atoms with Gasteiger partial charge < -0.3 is 10.5 Å². The minimum Gasteiger partial charge on any atom is -0.431 e. The third-order valence-electron chi connectivity index (χ3n) is 11.0. The molecular weight excluding hydrogens is 482 g/mol. The van der Waals surface area contributed by atoms with Crippen LogP contribution in [0.5, 0.6) is 0 Å². The molecule has 2 saturated carbocycles. The first-order chi connectivity index (χ1) is 18.1. The Bertz CT molecular complexity index is 1140. The van der Waals surface area contributed by atoms with Crippen LogP contribution in [0, 0.1) is 28.1 Å². The molecule has 0 aromatic rings. The normalized spacial score (nSPS) is 36.9. The Morgan fingerprint density at radius 2 is 1.85 bits per heavy atom. The number of rotatable bonds is 7. The van der Waals surface area contributed by atoms with Crippen LogP contribution in [0.3, 0.4) is 0 Å². The second kappa shape index (κ2) is 11.4. The number of fused-ring (bicyclic) bond motifs is 1. The molecule has 1 unspecified atom stereocenters. The molecule has 0 aromatic carbocycles. The summed E-state index contributed by atoms with van der Waals surface area (Å²) in [6, 6.07) is 0. The summed E-state index contributed by atoms with van der Waals surface area (Å²) < 4.78 is 5.46. The monoisotopic (exact) mass is 535 g/mol. The van der Waals surface area contributed by atoms with Crippen LogP contribution in [0.4, 0.5) is 0 Å². The van der Waals surface area contributed by atoms with Gasteiger partial charge in [0.2, 0.25) is 0 Å². The van der Waals surface area contributed by atoms with Crippen molar-refractivity contribution >= 4 is 12.3 Å². The van der Waals surface area contributed by atoms with Crippen LogP contribution in [-0.2, 0) is 14.3 Å². The van der Waals surface area contributed by atoms with Gasteiger partial charge in [-0.3, -0.25) is 9.59 Å². The first-order valence-corrected chi connectivity index (χ1v) is 15.1. The van der Waals surface area contributed by atoms with Gasteiger partial charge in [0, 0.05) is 23.3 Å². The number of aldehydes is 1. The van der Waals surface area contributed by atoms with E-state index in [1.54, 1.807) is 6.08 Å². The van der Waals surface area contributed by atoms with Crippen molar-refractivity contribution in [3.05, 3.63) is 58.4 Å². The van der Waals surface area contributed by atoms with Gasteiger partial charge in [-0.25, -0.2) is 0 Å². The van der Waals surface area contributed by atoms with E-state index in [2.05, 4.69) is 53.7 Å². The number of esters is 1. The van der Waals surface area contributed by atoms with E-state index in [-0.39, 0.29) is 22.2 Å². The minimum absolute atomic E-state index is 0.0493. The van der Waals surface area contributed by atoms with Crippen LogP contribution in [-0.4, -0.2) is 17.8 Å². The zero-order chi connectivity index (χ0) is 29.4. The van der Waals surface area contributed by atoms with E-state index in [0.717, 1.165) is 61.5 Å². The van der Waals surface area contributed by atoms with E-state index in [0.29, 0.717) is 17.6 Å². The summed E-state index contributed by atoms with van der Waals surface area (Å²) in [5.41, 5.74) is 11.9. The number of ether oxygens (including phenoxy) is 1. The molecule has 0 spiro atoms. The highest BCUT2D eigenvalue weighted by Crippen LogP contribution is 2.67. The predicted molar refractivity (Wildman–Crippen MR) is 162 cm³/mol. The highest BCUT2D eigenvalue weighted by molar-refractivity contribution is 5.73. The largest absolute Gasteiger partial charge is 0.431 e. The van der Waals surface area contributed by atoms with Gasteiger partial charge in [-0.05, 0) is 97.1 Å². The third-order valence-corrected chi connectivity index (χ3v) is 11.0. The van der Waals surface area contributed by atoms with Gasteiger partial charge in [0.15, 0.2) is 0 Å². The van der Waals surface area contributed by atoms with Gasteiger partial charge in [-0.2, -0.15) is 0 Å². The number of nitrogens with two attached hydrogens (primary N) is 1. The molecule has 216 valence electrons. The Morgan fingerprint density at radius 3 is 2.41 bits per heavy atom. The predicted octanol–water partition coefficient (Wildman–Crippen LogP) is 8.55. The van der Waals surface area contributed by atoms with Crippen LogP contribution in [0.25, 0.3) is 0 Å². The van der Waals surface area contributed by atoms with Crippen molar-refractivity contribution in [3.63, 3.8) is 0 Å². The molecule has 39 heavy (non-hydrogen) atoms. The van der Waals surface area contributed by atoms with E-state index in [1.165, 1.54) is 30.9 Å². The van der Waals surface area contributed by atoms with Crippen molar-refractivity contribution in [2.45, 2.75) is 119 Å². The molecule has 3 aliphatic carbocycles. The molecule has 0 amide bonds. The highest BCUT2D eigenvalue weighted by Gasteiger charge is 2.62. The summed E-state index contributed by atoms with van der Waals surface area (Å²) in [4.78, 5) is 23.8. The number of hydrogen-bond acceptors (Lipinski definition) is 4. The quantitative estimate of drug-likeness (QED) is 0.117. The SMILES string of the molecule is C=C1[C@@](C)(C2=CC=C(/C(C)=C(\C)OC(C)=O)/C(=C\C=O)[C@]2(C)CCC)CCC2(C(C)C)CCC[C@H](C)C[C@@]12N. The standard InChI is InChI=1S/C35H53NO3/c1-11-17-33(10)30(16-21-37)29(25(5)26(6)39-28(8)38)14-15-31(33)32(9)19-20-34(23(2)3)18-12-13-24(4)22-35(34,36)27(32)7/h14-16,21,23-24H,7,11-13,17-20,22,36H2,1-6,8-10H3/b26-25+,30-16+/t24-,32-,33-,34?,35+/m0/s1. The highest BCUT2D eigenvalue weighted by atomic mass is 16.5. The molecule has 3 rings (SSSR count).